The van der Waals surface area contributed by atoms with Gasteiger partial charge in [-0.1, -0.05) is 13.8 Å². The van der Waals surface area contributed by atoms with Crippen LogP contribution < -0.4 is 0 Å². The molecule has 0 aromatic carbocycles. The van der Waals surface area contributed by atoms with Crippen LogP contribution in [0.5, 0.6) is 0 Å². The second-order valence-corrected chi connectivity index (χ2v) is 2.21. The van der Waals surface area contributed by atoms with Crippen molar-refractivity contribution in [3.8, 4) is 0 Å². The van der Waals surface area contributed by atoms with Gasteiger partial charge in [-0.3, -0.25) is 4.99 Å². The van der Waals surface area contributed by atoms with E-state index in [1.54, 1.807) is 13.8 Å². The molecule has 1 atom stereocenters. The average molecular weight is 129 g/mol. The number of aliphatic imine (C=N–C) groups is 1. The highest BCUT2D eigenvalue weighted by Crippen LogP contribution is 2.04. The van der Waals surface area contributed by atoms with Crippen LogP contribution in [0.25, 0.3) is 0 Å². The standard InChI is InChI=1S/C6H11NO2/c1-4(2)5(7-3)6(8)9/h4-5H,3H2,1-2H3,(H,8,9). The third-order valence-electron chi connectivity index (χ3n) is 1.08. The van der Waals surface area contributed by atoms with Gasteiger partial charge in [0.25, 0.3) is 0 Å². The maximum atomic E-state index is 10.2. The van der Waals surface area contributed by atoms with Crippen LogP contribution in [-0.4, -0.2) is 23.8 Å². The van der Waals surface area contributed by atoms with Gasteiger partial charge < -0.3 is 5.11 Å². The van der Waals surface area contributed by atoms with Gasteiger partial charge in [0, 0.05) is 0 Å². The van der Waals surface area contributed by atoms with E-state index in [1.165, 1.54) is 0 Å². The molecule has 52 valence electrons. The van der Waals surface area contributed by atoms with Crippen molar-refractivity contribution in [1.82, 2.24) is 0 Å². The molecular weight excluding hydrogens is 118 g/mol. The number of hydrogen-bond acceptors (Lipinski definition) is 2. The Morgan fingerprint density at radius 1 is 1.67 bits per heavy atom. The van der Waals surface area contributed by atoms with Crippen molar-refractivity contribution >= 4 is 12.7 Å². The van der Waals surface area contributed by atoms with Crippen LogP contribution in [0.2, 0.25) is 0 Å². The van der Waals surface area contributed by atoms with Crippen molar-refractivity contribution in [2.24, 2.45) is 10.9 Å². The first-order chi connectivity index (χ1) is 4.09. The Morgan fingerprint density at radius 3 is 2.11 bits per heavy atom. The summed E-state index contributed by atoms with van der Waals surface area (Å²) in [4.78, 5) is 13.7. The minimum Gasteiger partial charge on any atom is -0.480 e. The molecule has 0 radical (unpaired) electrons. The predicted molar refractivity (Wildman–Crippen MR) is 35.8 cm³/mol. The van der Waals surface area contributed by atoms with E-state index in [0.29, 0.717) is 0 Å². The molecule has 0 aromatic rings. The van der Waals surface area contributed by atoms with Gasteiger partial charge in [0.15, 0.2) is 0 Å². The lowest BCUT2D eigenvalue weighted by Crippen LogP contribution is -2.23. The zero-order chi connectivity index (χ0) is 7.44. The molecule has 0 aromatic heterocycles. The molecular formula is C6H11NO2. The lowest BCUT2D eigenvalue weighted by Gasteiger charge is -2.08. The Kier molecular flexibility index (Phi) is 2.91. The molecule has 0 saturated carbocycles. The number of carboxylic acid groups (broad SMARTS) is 1. The van der Waals surface area contributed by atoms with E-state index in [0.717, 1.165) is 0 Å². The van der Waals surface area contributed by atoms with E-state index in [9.17, 15) is 4.79 Å². The molecule has 3 heteroatoms. The van der Waals surface area contributed by atoms with Crippen molar-refractivity contribution in [2.45, 2.75) is 19.9 Å². The van der Waals surface area contributed by atoms with Gasteiger partial charge in [0.1, 0.15) is 6.04 Å². The minimum absolute atomic E-state index is 0.0278. The monoisotopic (exact) mass is 129 g/mol. The van der Waals surface area contributed by atoms with Crippen molar-refractivity contribution in [3.63, 3.8) is 0 Å². The molecule has 3 nitrogen and oxygen atoms in total. The van der Waals surface area contributed by atoms with Crippen LogP contribution in [0, 0.1) is 5.92 Å². The van der Waals surface area contributed by atoms with E-state index >= 15 is 0 Å². The molecule has 0 rings (SSSR count). The second-order valence-electron chi connectivity index (χ2n) is 2.21. The molecule has 9 heavy (non-hydrogen) atoms. The van der Waals surface area contributed by atoms with E-state index < -0.39 is 12.0 Å². The van der Waals surface area contributed by atoms with E-state index in [4.69, 9.17) is 5.11 Å². The molecule has 0 aliphatic carbocycles. The molecule has 0 aliphatic rings. The number of aliphatic carboxylic acids is 1. The topological polar surface area (TPSA) is 49.7 Å². The molecule has 1 N–H and O–H groups in total. The first-order valence-electron chi connectivity index (χ1n) is 2.78. The maximum absolute atomic E-state index is 10.2. The highest BCUT2D eigenvalue weighted by atomic mass is 16.4. The van der Waals surface area contributed by atoms with E-state index in [-0.39, 0.29) is 5.92 Å². The third kappa shape index (κ3) is 2.26. The normalized spacial score (nSPS) is 13.2. The van der Waals surface area contributed by atoms with Gasteiger partial charge in [-0.2, -0.15) is 0 Å². The molecule has 0 heterocycles. The average Bonchev–Trinajstić information content (AvgIpc) is 1.64. The number of rotatable bonds is 3. The summed E-state index contributed by atoms with van der Waals surface area (Å²) in [5.41, 5.74) is 0. The van der Waals surface area contributed by atoms with Gasteiger partial charge in [0.2, 0.25) is 0 Å². The molecule has 1 unspecified atom stereocenters. The Labute approximate surface area is 54.4 Å². The predicted octanol–water partition coefficient (Wildman–Crippen LogP) is 0.796. The fourth-order valence-corrected chi connectivity index (χ4v) is 0.574. The van der Waals surface area contributed by atoms with E-state index in [2.05, 4.69) is 11.7 Å². The number of nitrogens with zero attached hydrogens (tertiary/aromatic N) is 1. The van der Waals surface area contributed by atoms with Gasteiger partial charge in [-0.05, 0) is 12.6 Å². The number of carbonyl (C=O) groups is 1. The summed E-state index contributed by atoms with van der Waals surface area (Å²) in [5.74, 6) is -0.875. The zero-order valence-electron chi connectivity index (χ0n) is 5.66. The fourth-order valence-electron chi connectivity index (χ4n) is 0.574. The largest absolute Gasteiger partial charge is 0.480 e. The third-order valence-corrected chi connectivity index (χ3v) is 1.08. The lowest BCUT2D eigenvalue weighted by molar-refractivity contribution is -0.139. The van der Waals surface area contributed by atoms with Crippen LogP contribution >= 0.6 is 0 Å². The molecule has 0 fully saturated rings. The second kappa shape index (κ2) is 3.22. The molecule has 0 amide bonds. The van der Waals surface area contributed by atoms with Crippen LogP contribution in [0.4, 0.5) is 0 Å². The maximum Gasteiger partial charge on any atom is 0.328 e. The quantitative estimate of drug-likeness (QED) is 0.573. The number of hydrogen-bond donors (Lipinski definition) is 1. The first kappa shape index (κ1) is 8.14. The minimum atomic E-state index is -0.903. The van der Waals surface area contributed by atoms with Crippen LogP contribution in [-0.2, 0) is 4.79 Å². The SMILES string of the molecule is C=NC(C(=O)O)C(C)C. The summed E-state index contributed by atoms with van der Waals surface area (Å²) in [6, 6.07) is -0.648. The zero-order valence-corrected chi connectivity index (χ0v) is 5.66. The fraction of sp³-hybridized carbons (Fsp3) is 0.667. The van der Waals surface area contributed by atoms with Crippen molar-refractivity contribution < 1.29 is 9.90 Å². The van der Waals surface area contributed by atoms with Crippen molar-refractivity contribution in [2.75, 3.05) is 0 Å². The summed E-state index contributed by atoms with van der Waals surface area (Å²) in [7, 11) is 0. The van der Waals surface area contributed by atoms with Crippen LogP contribution in [0.3, 0.4) is 0 Å². The Hall–Kier alpha value is -0.860. The van der Waals surface area contributed by atoms with Crippen molar-refractivity contribution in [1.29, 1.82) is 0 Å². The van der Waals surface area contributed by atoms with Gasteiger partial charge in [-0.25, -0.2) is 4.79 Å². The summed E-state index contributed by atoms with van der Waals surface area (Å²) >= 11 is 0. The summed E-state index contributed by atoms with van der Waals surface area (Å²) in [6.45, 7) is 6.77. The summed E-state index contributed by atoms with van der Waals surface area (Å²) in [5, 5.41) is 8.41. The van der Waals surface area contributed by atoms with E-state index in [1.807, 2.05) is 0 Å². The lowest BCUT2D eigenvalue weighted by atomic mass is 10.1. The Balaban J connectivity index is 3.98. The highest BCUT2D eigenvalue weighted by Gasteiger charge is 2.17. The molecule has 0 saturated heterocycles. The van der Waals surface area contributed by atoms with Gasteiger partial charge >= 0.3 is 5.97 Å². The highest BCUT2D eigenvalue weighted by molar-refractivity contribution is 5.74. The van der Waals surface area contributed by atoms with Crippen molar-refractivity contribution in [3.05, 3.63) is 0 Å². The number of carboxylic acids is 1. The molecule has 0 spiro atoms. The summed E-state index contributed by atoms with van der Waals surface area (Å²) < 4.78 is 0. The Morgan fingerprint density at radius 2 is 2.11 bits per heavy atom. The van der Waals surface area contributed by atoms with Crippen LogP contribution in [0.15, 0.2) is 4.99 Å². The van der Waals surface area contributed by atoms with Crippen LogP contribution in [0.1, 0.15) is 13.8 Å². The van der Waals surface area contributed by atoms with Gasteiger partial charge in [-0.15, -0.1) is 0 Å². The first-order valence-corrected chi connectivity index (χ1v) is 2.78. The smallest absolute Gasteiger partial charge is 0.328 e. The molecule has 0 bridgehead atoms. The summed E-state index contributed by atoms with van der Waals surface area (Å²) in [6.07, 6.45) is 0. The van der Waals surface area contributed by atoms with Gasteiger partial charge in [0.05, 0.1) is 0 Å². The Bertz CT molecular complexity index is 120. The molecule has 0 aliphatic heterocycles.